The standard InChI is InChI=1S/C12H11F3N2O4/c13-5-1-7(14)10(8(15)2-5)16-12(21)17-4-6(18)3-9(17)11(19)20/h1-2,6,9,18H,3-4H2,(H,16,21)(H,19,20)/t6-,9-/m0/s1. The number of carbonyl (C=O) groups excluding carboxylic acids is 1. The summed E-state index contributed by atoms with van der Waals surface area (Å²) >= 11 is 0. The Kier molecular flexibility index (Phi) is 4.03. The van der Waals surface area contributed by atoms with Gasteiger partial charge in [-0.1, -0.05) is 0 Å². The Balaban J connectivity index is 2.20. The van der Waals surface area contributed by atoms with Crippen LogP contribution >= 0.6 is 0 Å². The topological polar surface area (TPSA) is 89.9 Å². The van der Waals surface area contributed by atoms with Crippen molar-refractivity contribution in [2.45, 2.75) is 18.6 Å². The van der Waals surface area contributed by atoms with Crippen LogP contribution in [0.3, 0.4) is 0 Å². The van der Waals surface area contributed by atoms with Gasteiger partial charge in [-0.15, -0.1) is 0 Å². The molecule has 1 heterocycles. The number of amides is 2. The Morgan fingerprint density at radius 2 is 1.81 bits per heavy atom. The molecule has 0 saturated carbocycles. The summed E-state index contributed by atoms with van der Waals surface area (Å²) in [6, 6.07) is -1.63. The van der Waals surface area contributed by atoms with Crippen molar-refractivity contribution in [2.24, 2.45) is 0 Å². The average molecular weight is 304 g/mol. The predicted molar refractivity (Wildman–Crippen MR) is 64.1 cm³/mol. The molecule has 1 fully saturated rings. The molecule has 2 amide bonds. The second-order valence-electron chi connectivity index (χ2n) is 4.57. The normalized spacial score (nSPS) is 21.4. The van der Waals surface area contributed by atoms with E-state index in [0.717, 1.165) is 4.90 Å². The highest BCUT2D eigenvalue weighted by Crippen LogP contribution is 2.23. The van der Waals surface area contributed by atoms with Crippen molar-refractivity contribution in [3.63, 3.8) is 0 Å². The summed E-state index contributed by atoms with van der Waals surface area (Å²) in [7, 11) is 0. The fourth-order valence-electron chi connectivity index (χ4n) is 2.11. The van der Waals surface area contributed by atoms with E-state index in [1.54, 1.807) is 0 Å². The van der Waals surface area contributed by atoms with Crippen LogP contribution in [-0.2, 0) is 4.79 Å². The minimum atomic E-state index is -1.35. The smallest absolute Gasteiger partial charge is 0.326 e. The first-order chi connectivity index (χ1) is 9.79. The van der Waals surface area contributed by atoms with E-state index in [4.69, 9.17) is 5.11 Å². The number of aliphatic hydroxyl groups is 1. The second kappa shape index (κ2) is 5.60. The van der Waals surface area contributed by atoms with Gasteiger partial charge in [0.15, 0.2) is 11.6 Å². The van der Waals surface area contributed by atoms with Crippen LogP contribution in [-0.4, -0.2) is 45.8 Å². The van der Waals surface area contributed by atoms with Crippen LogP contribution in [0.5, 0.6) is 0 Å². The van der Waals surface area contributed by atoms with Crippen molar-refractivity contribution < 1.29 is 33.0 Å². The van der Waals surface area contributed by atoms with Gasteiger partial charge in [0.1, 0.15) is 17.5 Å². The lowest BCUT2D eigenvalue weighted by Gasteiger charge is -2.21. The number of carboxylic acids is 1. The van der Waals surface area contributed by atoms with E-state index in [1.807, 2.05) is 5.32 Å². The number of anilines is 1. The number of likely N-dealkylation sites (tertiary alicyclic amines) is 1. The number of nitrogens with zero attached hydrogens (tertiary/aromatic N) is 1. The van der Waals surface area contributed by atoms with Crippen molar-refractivity contribution in [3.8, 4) is 0 Å². The molecule has 0 unspecified atom stereocenters. The lowest BCUT2D eigenvalue weighted by Crippen LogP contribution is -2.43. The van der Waals surface area contributed by atoms with Gasteiger partial charge in [0.25, 0.3) is 0 Å². The second-order valence-corrected chi connectivity index (χ2v) is 4.57. The van der Waals surface area contributed by atoms with Crippen LogP contribution in [0.4, 0.5) is 23.7 Å². The van der Waals surface area contributed by atoms with Crippen LogP contribution in [0.15, 0.2) is 12.1 Å². The molecule has 1 saturated heterocycles. The third-order valence-corrected chi connectivity index (χ3v) is 3.06. The molecule has 2 atom stereocenters. The van der Waals surface area contributed by atoms with Gasteiger partial charge in [-0.25, -0.2) is 22.8 Å². The number of halogens is 3. The van der Waals surface area contributed by atoms with Gasteiger partial charge in [-0.2, -0.15) is 0 Å². The highest BCUT2D eigenvalue weighted by Gasteiger charge is 2.39. The van der Waals surface area contributed by atoms with Gasteiger partial charge in [0.05, 0.1) is 6.10 Å². The van der Waals surface area contributed by atoms with Gasteiger partial charge >= 0.3 is 12.0 Å². The van der Waals surface area contributed by atoms with Gasteiger partial charge in [-0.05, 0) is 0 Å². The summed E-state index contributed by atoms with van der Waals surface area (Å²) in [5, 5.41) is 20.2. The van der Waals surface area contributed by atoms with Crippen LogP contribution in [0, 0.1) is 17.5 Å². The maximum atomic E-state index is 13.4. The Bertz CT molecular complexity index is 573. The molecule has 3 N–H and O–H groups in total. The van der Waals surface area contributed by atoms with Crippen molar-refractivity contribution in [2.75, 3.05) is 11.9 Å². The summed E-state index contributed by atoms with van der Waals surface area (Å²) in [5.74, 6) is -5.15. The highest BCUT2D eigenvalue weighted by atomic mass is 19.1. The summed E-state index contributed by atoms with van der Waals surface area (Å²) < 4.78 is 39.6. The van der Waals surface area contributed by atoms with E-state index in [9.17, 15) is 27.9 Å². The first-order valence-electron chi connectivity index (χ1n) is 5.92. The summed E-state index contributed by atoms with van der Waals surface area (Å²) in [6.45, 7) is -0.284. The van der Waals surface area contributed by atoms with Gasteiger partial charge in [0.2, 0.25) is 0 Å². The molecule has 0 radical (unpaired) electrons. The largest absolute Gasteiger partial charge is 0.480 e. The monoisotopic (exact) mass is 304 g/mol. The molecule has 114 valence electrons. The highest BCUT2D eigenvalue weighted by molar-refractivity contribution is 5.93. The molecule has 1 aliphatic heterocycles. The Morgan fingerprint density at radius 3 is 2.33 bits per heavy atom. The molecule has 21 heavy (non-hydrogen) atoms. The van der Waals surface area contributed by atoms with Crippen molar-refractivity contribution in [3.05, 3.63) is 29.6 Å². The molecule has 6 nitrogen and oxygen atoms in total. The lowest BCUT2D eigenvalue weighted by atomic mass is 10.2. The Labute approximate surface area is 116 Å². The first kappa shape index (κ1) is 15.1. The molecule has 2 rings (SSSR count). The molecule has 0 aliphatic carbocycles. The minimum absolute atomic E-state index is 0.183. The van der Waals surface area contributed by atoms with Crippen LogP contribution in [0.2, 0.25) is 0 Å². The van der Waals surface area contributed by atoms with Crippen LogP contribution in [0.25, 0.3) is 0 Å². The minimum Gasteiger partial charge on any atom is -0.480 e. The summed E-state index contributed by atoms with van der Waals surface area (Å²) in [4.78, 5) is 23.6. The third-order valence-electron chi connectivity index (χ3n) is 3.06. The van der Waals surface area contributed by atoms with E-state index in [-0.39, 0.29) is 13.0 Å². The quantitative estimate of drug-likeness (QED) is 0.764. The molecule has 1 aromatic rings. The number of β-amino-alcohol motifs (C(OH)–C–C–N with tert-alkyl or cyclic N) is 1. The fourth-order valence-corrected chi connectivity index (χ4v) is 2.11. The number of rotatable bonds is 2. The number of urea groups is 1. The van der Waals surface area contributed by atoms with Crippen molar-refractivity contribution in [1.29, 1.82) is 0 Å². The van der Waals surface area contributed by atoms with Gasteiger partial charge in [-0.3, -0.25) is 0 Å². The van der Waals surface area contributed by atoms with Crippen molar-refractivity contribution in [1.82, 2.24) is 4.90 Å². The van der Waals surface area contributed by atoms with Gasteiger partial charge in [0, 0.05) is 25.1 Å². The predicted octanol–water partition coefficient (Wildman–Crippen LogP) is 1.16. The molecule has 0 aromatic heterocycles. The number of carboxylic acid groups (broad SMARTS) is 1. The molecular weight excluding hydrogens is 293 g/mol. The summed E-state index contributed by atoms with van der Waals surface area (Å²) in [6.07, 6.45) is -1.23. The number of hydrogen-bond acceptors (Lipinski definition) is 3. The number of nitrogens with one attached hydrogen (secondary N) is 1. The van der Waals surface area contributed by atoms with Crippen LogP contribution < -0.4 is 5.32 Å². The summed E-state index contributed by atoms with van der Waals surface area (Å²) in [5.41, 5.74) is -0.882. The zero-order valence-corrected chi connectivity index (χ0v) is 10.5. The first-order valence-corrected chi connectivity index (χ1v) is 5.92. The molecule has 1 aromatic carbocycles. The van der Waals surface area contributed by atoms with Crippen molar-refractivity contribution >= 4 is 17.7 Å². The van der Waals surface area contributed by atoms with E-state index in [2.05, 4.69) is 0 Å². The molecule has 9 heteroatoms. The number of benzene rings is 1. The Hall–Kier alpha value is -2.29. The zero-order valence-electron chi connectivity index (χ0n) is 10.5. The van der Waals surface area contributed by atoms with Gasteiger partial charge < -0.3 is 20.4 Å². The average Bonchev–Trinajstić information content (AvgIpc) is 2.76. The number of carbonyl (C=O) groups is 2. The SMILES string of the molecule is O=C(O)[C@@H]1C[C@H](O)CN1C(=O)Nc1c(F)cc(F)cc1F. The van der Waals surface area contributed by atoms with Crippen LogP contribution in [0.1, 0.15) is 6.42 Å². The van der Waals surface area contributed by atoms with E-state index >= 15 is 0 Å². The number of aliphatic hydroxyl groups excluding tert-OH is 1. The Morgan fingerprint density at radius 1 is 1.24 bits per heavy atom. The molecule has 0 bridgehead atoms. The number of aliphatic carboxylic acids is 1. The lowest BCUT2D eigenvalue weighted by molar-refractivity contribution is -0.141. The maximum Gasteiger partial charge on any atom is 0.326 e. The zero-order chi connectivity index (χ0) is 15.7. The van der Waals surface area contributed by atoms with E-state index in [1.165, 1.54) is 0 Å². The number of hydrogen-bond donors (Lipinski definition) is 3. The maximum absolute atomic E-state index is 13.4. The molecule has 1 aliphatic rings. The van der Waals surface area contributed by atoms with E-state index < -0.39 is 47.3 Å². The molecular formula is C12H11F3N2O4. The van der Waals surface area contributed by atoms with E-state index in [0.29, 0.717) is 12.1 Å². The fraction of sp³-hybridized carbons (Fsp3) is 0.333. The third kappa shape index (κ3) is 3.07. The molecule has 0 spiro atoms.